The summed E-state index contributed by atoms with van der Waals surface area (Å²) in [7, 11) is -3.99. The Kier molecular flexibility index (Phi) is 2.88. The maximum absolute atomic E-state index is 12.6. The van der Waals surface area contributed by atoms with E-state index in [1.54, 1.807) is 22.6 Å². The highest BCUT2D eigenvalue weighted by molar-refractivity contribution is 14.1. The SMILES string of the molecule is NS(=O)(=O)c1cc(F)c(F)cc1I. The summed E-state index contributed by atoms with van der Waals surface area (Å²) in [6.07, 6.45) is 0. The molecule has 0 atom stereocenters. The zero-order valence-corrected chi connectivity index (χ0v) is 9.06. The molecule has 2 N–H and O–H groups in total. The molecule has 0 saturated heterocycles. The van der Waals surface area contributed by atoms with Gasteiger partial charge in [0.25, 0.3) is 0 Å². The molecule has 13 heavy (non-hydrogen) atoms. The second kappa shape index (κ2) is 3.46. The predicted octanol–water partition coefficient (Wildman–Crippen LogP) is 1.22. The van der Waals surface area contributed by atoms with Crippen LogP contribution in [0.4, 0.5) is 8.78 Å². The summed E-state index contributed by atoms with van der Waals surface area (Å²) >= 11 is 1.56. The van der Waals surface area contributed by atoms with Gasteiger partial charge in [0.2, 0.25) is 10.0 Å². The average molecular weight is 319 g/mol. The van der Waals surface area contributed by atoms with Crippen molar-refractivity contribution in [3.8, 4) is 0 Å². The molecule has 3 nitrogen and oxygen atoms in total. The summed E-state index contributed by atoms with van der Waals surface area (Å²) in [5, 5.41) is 4.75. The number of sulfonamides is 1. The Bertz CT molecular complexity index is 446. The summed E-state index contributed by atoms with van der Waals surface area (Å²) in [6, 6.07) is 1.34. The standard InChI is InChI=1S/C6H4F2INO2S/c7-3-1-5(9)6(2-4(3)8)13(10,11)12/h1-2H,(H2,10,11,12). The molecule has 0 aliphatic carbocycles. The first-order valence-electron chi connectivity index (χ1n) is 2.99. The second-order valence-corrected chi connectivity index (χ2v) is 4.93. The minimum atomic E-state index is -3.99. The molecule has 0 heterocycles. The molecule has 1 aromatic carbocycles. The Morgan fingerprint density at radius 2 is 1.69 bits per heavy atom. The zero-order valence-electron chi connectivity index (χ0n) is 6.09. The average Bonchev–Trinajstić information content (AvgIpc) is 1.94. The Labute approximate surface area is 87.1 Å². The topological polar surface area (TPSA) is 60.2 Å². The highest BCUT2D eigenvalue weighted by Gasteiger charge is 2.16. The Morgan fingerprint density at radius 1 is 1.23 bits per heavy atom. The van der Waals surface area contributed by atoms with Crippen LogP contribution in [0.3, 0.4) is 0 Å². The number of halogens is 3. The zero-order chi connectivity index (χ0) is 10.2. The van der Waals surface area contributed by atoms with Gasteiger partial charge in [-0.25, -0.2) is 22.3 Å². The fraction of sp³-hybridized carbons (Fsp3) is 0. The second-order valence-electron chi connectivity index (χ2n) is 2.24. The van der Waals surface area contributed by atoms with Crippen LogP contribution in [0.15, 0.2) is 17.0 Å². The highest BCUT2D eigenvalue weighted by atomic mass is 127. The van der Waals surface area contributed by atoms with E-state index in [4.69, 9.17) is 5.14 Å². The smallest absolute Gasteiger partial charge is 0.225 e. The van der Waals surface area contributed by atoms with Crippen LogP contribution in [0, 0.1) is 15.2 Å². The van der Waals surface area contributed by atoms with Crippen molar-refractivity contribution >= 4 is 32.6 Å². The lowest BCUT2D eigenvalue weighted by molar-refractivity contribution is 0.503. The Balaban J connectivity index is 3.50. The lowest BCUT2D eigenvalue weighted by Crippen LogP contribution is -2.14. The molecule has 0 unspecified atom stereocenters. The molecule has 72 valence electrons. The third kappa shape index (κ3) is 2.35. The van der Waals surface area contributed by atoms with Crippen molar-refractivity contribution in [3.05, 3.63) is 27.3 Å². The predicted molar refractivity (Wildman–Crippen MR) is 50.4 cm³/mol. The molecule has 0 aliphatic rings. The number of nitrogens with two attached hydrogens (primary N) is 1. The van der Waals surface area contributed by atoms with Crippen molar-refractivity contribution < 1.29 is 17.2 Å². The molecule has 0 spiro atoms. The molecule has 0 saturated carbocycles. The van der Waals surface area contributed by atoms with Gasteiger partial charge in [0.05, 0.1) is 4.90 Å². The van der Waals surface area contributed by atoms with Gasteiger partial charge in [0.15, 0.2) is 11.6 Å². The fourth-order valence-corrected chi connectivity index (χ4v) is 2.67. The normalized spacial score (nSPS) is 11.7. The van der Waals surface area contributed by atoms with Crippen molar-refractivity contribution in [2.24, 2.45) is 5.14 Å². The summed E-state index contributed by atoms with van der Waals surface area (Å²) < 4.78 is 46.8. The molecule has 7 heteroatoms. The van der Waals surface area contributed by atoms with Gasteiger partial charge in [-0.3, -0.25) is 0 Å². The molecule has 0 aromatic heterocycles. The quantitative estimate of drug-likeness (QED) is 0.625. The Hall–Kier alpha value is -0.280. The van der Waals surface area contributed by atoms with Crippen molar-refractivity contribution in [2.45, 2.75) is 4.90 Å². The third-order valence-corrected chi connectivity index (χ3v) is 3.49. The maximum Gasteiger partial charge on any atom is 0.239 e. The van der Waals surface area contributed by atoms with E-state index in [9.17, 15) is 17.2 Å². The van der Waals surface area contributed by atoms with Crippen LogP contribution in [0.2, 0.25) is 0 Å². The monoisotopic (exact) mass is 319 g/mol. The highest BCUT2D eigenvalue weighted by Crippen LogP contribution is 2.20. The van der Waals surface area contributed by atoms with E-state index in [0.29, 0.717) is 6.07 Å². The number of primary sulfonamides is 1. The van der Waals surface area contributed by atoms with Crippen LogP contribution in [0.25, 0.3) is 0 Å². The molecule has 0 bridgehead atoms. The number of benzene rings is 1. The summed E-state index contributed by atoms with van der Waals surface area (Å²) in [5.41, 5.74) is 0. The number of rotatable bonds is 1. The minimum absolute atomic E-state index is 0.0546. The van der Waals surface area contributed by atoms with Crippen molar-refractivity contribution in [1.82, 2.24) is 0 Å². The van der Waals surface area contributed by atoms with Gasteiger partial charge in [0.1, 0.15) is 0 Å². The van der Waals surface area contributed by atoms with Crippen LogP contribution in [-0.2, 0) is 10.0 Å². The third-order valence-electron chi connectivity index (χ3n) is 1.28. The van der Waals surface area contributed by atoms with Crippen LogP contribution >= 0.6 is 22.6 Å². The van der Waals surface area contributed by atoms with E-state index in [1.807, 2.05) is 0 Å². The molecule has 0 fully saturated rings. The van der Waals surface area contributed by atoms with Gasteiger partial charge in [-0.15, -0.1) is 0 Å². The molecule has 0 aliphatic heterocycles. The molecule has 1 aromatic rings. The van der Waals surface area contributed by atoms with Gasteiger partial charge in [-0.1, -0.05) is 0 Å². The fourth-order valence-electron chi connectivity index (χ4n) is 0.722. The first-order valence-corrected chi connectivity index (χ1v) is 5.62. The summed E-state index contributed by atoms with van der Waals surface area (Å²) in [6.45, 7) is 0. The van der Waals surface area contributed by atoms with Crippen molar-refractivity contribution in [3.63, 3.8) is 0 Å². The summed E-state index contributed by atoms with van der Waals surface area (Å²) in [5.74, 6) is -2.33. The lowest BCUT2D eigenvalue weighted by atomic mass is 10.3. The molecule has 0 amide bonds. The van der Waals surface area contributed by atoms with E-state index < -0.39 is 26.6 Å². The van der Waals surface area contributed by atoms with Crippen molar-refractivity contribution in [1.29, 1.82) is 0 Å². The number of hydrogen-bond donors (Lipinski definition) is 1. The molecule has 1 rings (SSSR count). The van der Waals surface area contributed by atoms with Gasteiger partial charge in [0, 0.05) is 3.57 Å². The van der Waals surface area contributed by atoms with Crippen molar-refractivity contribution in [2.75, 3.05) is 0 Å². The van der Waals surface area contributed by atoms with E-state index in [2.05, 4.69) is 0 Å². The van der Waals surface area contributed by atoms with E-state index >= 15 is 0 Å². The molecule has 0 radical (unpaired) electrons. The minimum Gasteiger partial charge on any atom is -0.225 e. The van der Waals surface area contributed by atoms with Crippen LogP contribution < -0.4 is 5.14 Å². The van der Waals surface area contributed by atoms with E-state index in [-0.39, 0.29) is 3.57 Å². The lowest BCUT2D eigenvalue weighted by Gasteiger charge is -2.01. The van der Waals surface area contributed by atoms with Crippen LogP contribution in [0.1, 0.15) is 0 Å². The molecular weight excluding hydrogens is 315 g/mol. The van der Waals surface area contributed by atoms with E-state index in [0.717, 1.165) is 6.07 Å². The first-order chi connectivity index (χ1) is 5.82. The van der Waals surface area contributed by atoms with Gasteiger partial charge >= 0.3 is 0 Å². The van der Waals surface area contributed by atoms with E-state index in [1.165, 1.54) is 0 Å². The first kappa shape index (κ1) is 10.8. The van der Waals surface area contributed by atoms with Crippen LogP contribution in [-0.4, -0.2) is 8.42 Å². The number of hydrogen-bond acceptors (Lipinski definition) is 2. The van der Waals surface area contributed by atoms with Gasteiger partial charge in [-0.05, 0) is 34.7 Å². The van der Waals surface area contributed by atoms with Gasteiger partial charge < -0.3 is 0 Å². The Morgan fingerprint density at radius 3 is 2.15 bits per heavy atom. The van der Waals surface area contributed by atoms with Gasteiger partial charge in [-0.2, -0.15) is 0 Å². The largest absolute Gasteiger partial charge is 0.239 e. The maximum atomic E-state index is 12.6. The molecular formula is C6H4F2INO2S. The summed E-state index contributed by atoms with van der Waals surface area (Å²) in [4.78, 5) is -0.410. The van der Waals surface area contributed by atoms with Crippen LogP contribution in [0.5, 0.6) is 0 Å².